The van der Waals surface area contributed by atoms with Gasteiger partial charge in [0.15, 0.2) is 0 Å². The van der Waals surface area contributed by atoms with Crippen LogP contribution in [-0.2, 0) is 11.2 Å². The van der Waals surface area contributed by atoms with Gasteiger partial charge in [0.1, 0.15) is 30.7 Å². The number of carbonyl (C=O) groups excluding carboxylic acids is 1. The molecule has 0 radical (unpaired) electrons. The molecule has 0 saturated carbocycles. The van der Waals surface area contributed by atoms with Crippen molar-refractivity contribution in [1.82, 2.24) is 4.90 Å². The number of anilines is 1. The van der Waals surface area contributed by atoms with E-state index in [1.165, 1.54) is 0 Å². The van der Waals surface area contributed by atoms with Crippen LogP contribution in [0.1, 0.15) is 18.1 Å². The molecule has 1 aromatic heterocycles. The number of pyridine rings is 1. The first kappa shape index (κ1) is 18.3. The molecule has 1 atom stereocenters. The Morgan fingerprint density at radius 1 is 1.25 bits per heavy atom. The zero-order valence-electron chi connectivity index (χ0n) is 16.4. The molecule has 0 spiro atoms. The molecular formula is C22H26N3O3+. The minimum Gasteiger partial charge on any atom is -0.496 e. The number of hydrogen-bond acceptors (Lipinski definition) is 4. The minimum absolute atomic E-state index is 0.0218. The summed E-state index contributed by atoms with van der Waals surface area (Å²) in [5, 5.41) is 0. The number of piperazine rings is 1. The Hall–Kier alpha value is -3.02. The molecule has 146 valence electrons. The van der Waals surface area contributed by atoms with Crippen molar-refractivity contribution in [3.05, 3.63) is 53.7 Å². The molecule has 0 bridgehead atoms. The smallest absolute Gasteiger partial charge is 0.274 e. The van der Waals surface area contributed by atoms with E-state index in [0.29, 0.717) is 13.1 Å². The SMILES string of the molecule is COc1cc2c(cc1/C=C/C(=O)N1CCN(c3cccc[nH+]3)CC1)O[C@H](C)C2. The number of nitrogens with one attached hydrogen (secondary N) is 1. The van der Waals surface area contributed by atoms with Crippen molar-refractivity contribution in [3.8, 4) is 11.5 Å². The lowest BCUT2D eigenvalue weighted by Crippen LogP contribution is -2.49. The summed E-state index contributed by atoms with van der Waals surface area (Å²) < 4.78 is 11.3. The molecular weight excluding hydrogens is 354 g/mol. The maximum absolute atomic E-state index is 12.6. The molecule has 1 amide bonds. The Morgan fingerprint density at radius 2 is 2.07 bits per heavy atom. The summed E-state index contributed by atoms with van der Waals surface area (Å²) in [4.78, 5) is 20.0. The summed E-state index contributed by atoms with van der Waals surface area (Å²) in [5.41, 5.74) is 2.02. The zero-order valence-corrected chi connectivity index (χ0v) is 16.4. The molecule has 1 aromatic carbocycles. The molecule has 2 aromatic rings. The van der Waals surface area contributed by atoms with Gasteiger partial charge in [0.05, 0.1) is 26.4 Å². The van der Waals surface area contributed by atoms with E-state index in [4.69, 9.17) is 9.47 Å². The first-order valence-electron chi connectivity index (χ1n) is 9.70. The van der Waals surface area contributed by atoms with Gasteiger partial charge < -0.3 is 14.4 Å². The van der Waals surface area contributed by atoms with Crippen molar-refractivity contribution in [2.45, 2.75) is 19.4 Å². The second-order valence-corrected chi connectivity index (χ2v) is 7.23. The van der Waals surface area contributed by atoms with E-state index >= 15 is 0 Å². The van der Waals surface area contributed by atoms with Gasteiger partial charge >= 0.3 is 0 Å². The first-order valence-corrected chi connectivity index (χ1v) is 9.70. The summed E-state index contributed by atoms with van der Waals surface area (Å²) in [7, 11) is 1.65. The molecule has 2 aliphatic rings. The fourth-order valence-corrected chi connectivity index (χ4v) is 3.78. The van der Waals surface area contributed by atoms with Crippen LogP contribution in [0.5, 0.6) is 11.5 Å². The normalized spacial score (nSPS) is 18.9. The van der Waals surface area contributed by atoms with Gasteiger partial charge in [0.2, 0.25) is 5.91 Å². The van der Waals surface area contributed by atoms with E-state index in [1.54, 1.807) is 13.2 Å². The van der Waals surface area contributed by atoms with Crippen LogP contribution in [0.25, 0.3) is 6.08 Å². The van der Waals surface area contributed by atoms with E-state index < -0.39 is 0 Å². The number of methoxy groups -OCH3 is 1. The second kappa shape index (κ2) is 7.92. The van der Waals surface area contributed by atoms with Crippen molar-refractivity contribution >= 4 is 17.8 Å². The predicted octanol–water partition coefficient (Wildman–Crippen LogP) is 2.19. The molecule has 1 N–H and O–H groups in total. The van der Waals surface area contributed by atoms with Crippen LogP contribution in [0.2, 0.25) is 0 Å². The van der Waals surface area contributed by atoms with Gasteiger partial charge in [0, 0.05) is 29.7 Å². The summed E-state index contributed by atoms with van der Waals surface area (Å²) in [5.74, 6) is 2.76. The van der Waals surface area contributed by atoms with Gasteiger partial charge in [-0.3, -0.25) is 9.69 Å². The Morgan fingerprint density at radius 3 is 2.79 bits per heavy atom. The highest BCUT2D eigenvalue weighted by molar-refractivity contribution is 5.92. The third-order valence-electron chi connectivity index (χ3n) is 5.28. The van der Waals surface area contributed by atoms with Crippen molar-refractivity contribution in [1.29, 1.82) is 0 Å². The minimum atomic E-state index is 0.0218. The number of nitrogens with zero attached hydrogens (tertiary/aromatic N) is 2. The highest BCUT2D eigenvalue weighted by Crippen LogP contribution is 2.35. The Balaban J connectivity index is 1.40. The molecule has 0 aliphatic carbocycles. The lowest BCUT2D eigenvalue weighted by atomic mass is 10.1. The molecule has 2 aliphatic heterocycles. The topological polar surface area (TPSA) is 56.2 Å². The monoisotopic (exact) mass is 380 g/mol. The van der Waals surface area contributed by atoms with Gasteiger partial charge in [-0.2, -0.15) is 0 Å². The maximum atomic E-state index is 12.6. The van der Waals surface area contributed by atoms with Gasteiger partial charge in [-0.1, -0.05) is 6.07 Å². The number of hydrogen-bond donors (Lipinski definition) is 0. The second-order valence-electron chi connectivity index (χ2n) is 7.23. The molecule has 1 fully saturated rings. The Kier molecular flexibility index (Phi) is 5.19. The quantitative estimate of drug-likeness (QED) is 0.763. The average Bonchev–Trinajstić information content (AvgIpc) is 3.10. The molecule has 3 heterocycles. The van der Waals surface area contributed by atoms with Gasteiger partial charge in [0.25, 0.3) is 5.82 Å². The number of H-pyrrole nitrogens is 1. The number of benzene rings is 1. The molecule has 4 rings (SSSR count). The third kappa shape index (κ3) is 3.81. The first-order chi connectivity index (χ1) is 13.6. The number of ether oxygens (including phenoxy) is 2. The van der Waals surface area contributed by atoms with Crippen LogP contribution in [0.4, 0.5) is 5.82 Å². The molecule has 6 nitrogen and oxygen atoms in total. The van der Waals surface area contributed by atoms with E-state index in [2.05, 4.69) is 22.9 Å². The highest BCUT2D eigenvalue weighted by Gasteiger charge is 2.25. The number of amides is 1. The van der Waals surface area contributed by atoms with Gasteiger partial charge in [-0.15, -0.1) is 0 Å². The van der Waals surface area contributed by atoms with E-state index in [0.717, 1.165) is 48.0 Å². The number of carbonyl (C=O) groups is 1. The summed E-state index contributed by atoms with van der Waals surface area (Å²) in [6, 6.07) is 10.0. The number of aromatic amines is 1. The standard InChI is InChI=1S/C22H25N3O3/c1-16-13-18-15-19(27-2)17(14-20(18)28-16)6-7-22(26)25-11-9-24(10-12-25)21-5-3-4-8-23-21/h3-8,14-16H,9-13H2,1-2H3/p+1/b7-6+/t16-/m1/s1. The van der Waals surface area contributed by atoms with Crippen LogP contribution in [0, 0.1) is 0 Å². The largest absolute Gasteiger partial charge is 0.496 e. The fraction of sp³-hybridized carbons (Fsp3) is 0.364. The summed E-state index contributed by atoms with van der Waals surface area (Å²) in [6.07, 6.45) is 6.44. The van der Waals surface area contributed by atoms with Crippen molar-refractivity contribution in [2.24, 2.45) is 0 Å². The van der Waals surface area contributed by atoms with Crippen molar-refractivity contribution in [2.75, 3.05) is 38.2 Å². The molecule has 6 heteroatoms. The summed E-state index contributed by atoms with van der Waals surface area (Å²) in [6.45, 7) is 5.09. The third-order valence-corrected chi connectivity index (χ3v) is 5.28. The lowest BCUT2D eigenvalue weighted by Gasteiger charge is -2.30. The molecule has 0 unspecified atom stereocenters. The zero-order chi connectivity index (χ0) is 19.5. The van der Waals surface area contributed by atoms with E-state index in [9.17, 15) is 4.79 Å². The maximum Gasteiger partial charge on any atom is 0.274 e. The Labute approximate surface area is 165 Å². The van der Waals surface area contributed by atoms with Crippen LogP contribution < -0.4 is 19.4 Å². The van der Waals surface area contributed by atoms with Crippen LogP contribution >= 0.6 is 0 Å². The van der Waals surface area contributed by atoms with Crippen LogP contribution in [-0.4, -0.2) is 50.2 Å². The average molecular weight is 380 g/mol. The number of fused-ring (bicyclic) bond motifs is 1. The summed E-state index contributed by atoms with van der Waals surface area (Å²) >= 11 is 0. The van der Waals surface area contributed by atoms with Crippen LogP contribution in [0.3, 0.4) is 0 Å². The van der Waals surface area contributed by atoms with Crippen molar-refractivity contribution < 1.29 is 19.3 Å². The molecule has 28 heavy (non-hydrogen) atoms. The number of rotatable bonds is 4. The van der Waals surface area contributed by atoms with Crippen molar-refractivity contribution in [3.63, 3.8) is 0 Å². The lowest BCUT2D eigenvalue weighted by molar-refractivity contribution is -0.364. The van der Waals surface area contributed by atoms with Gasteiger partial charge in [-0.25, -0.2) is 4.98 Å². The predicted molar refractivity (Wildman–Crippen MR) is 108 cm³/mol. The highest BCUT2D eigenvalue weighted by atomic mass is 16.5. The van der Waals surface area contributed by atoms with Crippen LogP contribution in [0.15, 0.2) is 42.6 Å². The van der Waals surface area contributed by atoms with E-state index in [1.807, 2.05) is 41.4 Å². The number of aromatic nitrogens is 1. The fourth-order valence-electron chi connectivity index (χ4n) is 3.78. The Bertz CT molecular complexity index is 874. The molecule has 1 saturated heterocycles. The van der Waals surface area contributed by atoms with Gasteiger partial charge in [-0.05, 0) is 31.2 Å². The van der Waals surface area contributed by atoms with E-state index in [-0.39, 0.29) is 12.0 Å².